The molecule has 1 aromatic rings. The van der Waals surface area contributed by atoms with E-state index in [0.717, 1.165) is 25.7 Å². The summed E-state index contributed by atoms with van der Waals surface area (Å²) in [5.74, 6) is 0. The second kappa shape index (κ2) is 32.6. The van der Waals surface area contributed by atoms with Crippen LogP contribution < -0.4 is 0 Å². The van der Waals surface area contributed by atoms with Crippen LogP contribution in [0.25, 0.3) is 0 Å². The topological polar surface area (TPSA) is 107 Å². The van der Waals surface area contributed by atoms with Gasteiger partial charge in [-0.15, -0.1) is 0 Å². The second-order valence-electron chi connectivity index (χ2n) is 10.2. The molecule has 0 unspecified atom stereocenters. The maximum atomic E-state index is 11.9. The maximum absolute atomic E-state index is 11.9. The predicted octanol–water partition coefficient (Wildman–Crippen LogP) is 7.47. The molecule has 0 aromatic heterocycles. The van der Waals surface area contributed by atoms with Gasteiger partial charge >= 0.3 is 77.7 Å². The van der Waals surface area contributed by atoms with E-state index in [9.17, 15) is 16.8 Å². The van der Waals surface area contributed by atoms with Gasteiger partial charge in [0.05, 0.1) is 18.1 Å². The van der Waals surface area contributed by atoms with Crippen LogP contribution in [0.5, 0.6) is 0 Å². The first-order valence-corrected chi connectivity index (χ1v) is 18.1. The molecule has 41 heavy (non-hydrogen) atoms. The average molecular weight is 659 g/mol. The van der Waals surface area contributed by atoms with Crippen LogP contribution in [0.4, 0.5) is 0 Å². The van der Waals surface area contributed by atoms with Crippen LogP contribution in [0.1, 0.15) is 142 Å². The molecule has 0 aliphatic rings. The predicted molar refractivity (Wildman–Crippen MR) is 176 cm³/mol. The zero-order valence-electron chi connectivity index (χ0n) is 24.7. The molecule has 0 radical (unpaired) electrons. The van der Waals surface area contributed by atoms with Crippen LogP contribution >= 0.6 is 0 Å². The fourth-order valence-corrected chi connectivity index (χ4v) is 5.46. The van der Waals surface area contributed by atoms with Gasteiger partial charge in [0.1, 0.15) is 0 Å². The number of unbranched alkanes of at least 4 members (excludes halogenated alkanes) is 18. The molecular weight excluding hydrogens is 600 g/mol. The monoisotopic (exact) mass is 658 g/mol. The molecule has 236 valence electrons. The molecular formula is C30H59CaNaO7S2. The molecule has 0 atom stereocenters. The third-order valence-corrected chi connectivity index (χ3v) is 8.29. The Bertz CT molecular complexity index is 870. The van der Waals surface area contributed by atoms with Gasteiger partial charge in [-0.2, -0.15) is 16.8 Å². The summed E-state index contributed by atoms with van der Waals surface area (Å²) in [6.07, 6.45) is 24.1. The van der Waals surface area contributed by atoms with Gasteiger partial charge in [-0.25, -0.2) is 4.18 Å². The van der Waals surface area contributed by atoms with Crippen molar-refractivity contribution in [2.24, 2.45) is 0 Å². The number of hydrogen-bond donors (Lipinski definition) is 1. The normalized spacial score (nSPS) is 11.2. The van der Waals surface area contributed by atoms with Crippen molar-refractivity contribution in [2.75, 3.05) is 13.2 Å². The third kappa shape index (κ3) is 34.0. The Morgan fingerprint density at radius 2 is 0.854 bits per heavy atom. The number of hydrogen-bond acceptors (Lipinski definition) is 6. The Morgan fingerprint density at radius 3 is 1.20 bits per heavy atom. The summed E-state index contributed by atoms with van der Waals surface area (Å²) < 4.78 is 61.8. The van der Waals surface area contributed by atoms with Crippen LogP contribution in [-0.4, -0.2) is 102 Å². The number of rotatable bonds is 25. The van der Waals surface area contributed by atoms with Gasteiger partial charge in [0.25, 0.3) is 10.1 Å². The first-order valence-electron chi connectivity index (χ1n) is 15.3. The van der Waals surface area contributed by atoms with Crippen molar-refractivity contribution in [3.63, 3.8) is 0 Å². The van der Waals surface area contributed by atoms with Crippen molar-refractivity contribution in [2.45, 2.75) is 147 Å². The van der Waals surface area contributed by atoms with Crippen molar-refractivity contribution < 1.29 is 29.8 Å². The zero-order chi connectivity index (χ0) is 29.1. The van der Waals surface area contributed by atoms with E-state index in [1.165, 1.54) is 96.3 Å². The summed E-state index contributed by atoms with van der Waals surface area (Å²) in [6, 6.07) is 8.33. The Hall–Kier alpha value is 1.26. The molecule has 0 amide bonds. The summed E-state index contributed by atoms with van der Waals surface area (Å²) in [5.41, 5.74) is 0. The van der Waals surface area contributed by atoms with E-state index in [4.69, 9.17) is 8.74 Å². The van der Waals surface area contributed by atoms with E-state index < -0.39 is 20.5 Å². The zero-order valence-corrected chi connectivity index (χ0v) is 26.3. The molecule has 1 aromatic carbocycles. The minimum atomic E-state index is -4.23. The van der Waals surface area contributed by atoms with Gasteiger partial charge in [0, 0.05) is 0 Å². The first kappa shape index (κ1) is 46.7. The van der Waals surface area contributed by atoms with E-state index >= 15 is 0 Å². The van der Waals surface area contributed by atoms with E-state index in [1.807, 2.05) is 0 Å². The van der Waals surface area contributed by atoms with Crippen molar-refractivity contribution >= 4 is 87.8 Å². The molecule has 0 saturated carbocycles. The van der Waals surface area contributed by atoms with Crippen molar-refractivity contribution in [3.05, 3.63) is 30.3 Å². The summed E-state index contributed by atoms with van der Waals surface area (Å²) in [5, 5.41) is 0. The van der Waals surface area contributed by atoms with E-state index in [-0.39, 0.29) is 85.4 Å². The van der Waals surface area contributed by atoms with Gasteiger partial charge < -0.3 is 0 Å². The Balaban J connectivity index is -0.000000693. The average Bonchev–Trinajstić information content (AvgIpc) is 2.90. The van der Waals surface area contributed by atoms with Gasteiger partial charge in [-0.1, -0.05) is 148 Å². The van der Waals surface area contributed by atoms with Crippen molar-refractivity contribution in [1.82, 2.24) is 0 Å². The molecule has 0 spiro atoms. The first-order chi connectivity index (χ1) is 18.7. The quantitative estimate of drug-likeness (QED) is 0.0503. The van der Waals surface area contributed by atoms with Crippen LogP contribution in [0, 0.1) is 0 Å². The molecule has 0 bridgehead atoms. The molecule has 1 N–H and O–H groups in total. The second-order valence-corrected chi connectivity index (χ2v) is 12.9. The Labute approximate surface area is 305 Å². The Morgan fingerprint density at radius 1 is 0.537 bits per heavy atom. The summed E-state index contributed by atoms with van der Waals surface area (Å²) >= 11 is 0. The van der Waals surface area contributed by atoms with Crippen LogP contribution in [0.3, 0.4) is 0 Å². The standard InChI is InChI=1S/C18H30O3S.C12H26O4S.Ca.Na.3H/c1-2-3-4-5-6-7-8-9-10-14-17-21-22(19,20)18-15-12-11-13-16-18;1-2-3-4-5-6-7-8-9-10-11-12-16-17(13,14)15;;;;;/h11-13,15-16H,2-10,14,17H2,1H3;2-12H2,1H3,(H,13,14,15);;;;;. The minimum absolute atomic E-state index is 0. The fraction of sp³-hybridized carbons (Fsp3) is 0.800. The Kier molecular flexibility index (Phi) is 37.2. The summed E-state index contributed by atoms with van der Waals surface area (Å²) in [6.45, 7) is 4.83. The van der Waals surface area contributed by atoms with Crippen LogP contribution in [-0.2, 0) is 28.9 Å². The van der Waals surface area contributed by atoms with E-state index in [1.54, 1.807) is 30.3 Å². The van der Waals surface area contributed by atoms with E-state index in [0.29, 0.717) is 6.42 Å². The van der Waals surface area contributed by atoms with Gasteiger partial charge in [0.15, 0.2) is 0 Å². The van der Waals surface area contributed by atoms with E-state index in [2.05, 4.69) is 18.0 Å². The van der Waals surface area contributed by atoms with Gasteiger partial charge in [0.2, 0.25) is 0 Å². The van der Waals surface area contributed by atoms with Crippen molar-refractivity contribution in [1.29, 1.82) is 0 Å². The van der Waals surface area contributed by atoms with Gasteiger partial charge in [-0.05, 0) is 25.0 Å². The van der Waals surface area contributed by atoms with Gasteiger partial charge in [-0.3, -0.25) is 8.74 Å². The van der Waals surface area contributed by atoms with Crippen LogP contribution in [0.15, 0.2) is 35.2 Å². The summed E-state index contributed by atoms with van der Waals surface area (Å²) in [4.78, 5) is 0.238. The SMILES string of the molecule is CCCCCCCCCCCCOS(=O)(=O)O.CCCCCCCCCCCCOS(=O)(=O)c1ccccc1.[CaH2].[NaH]. The molecule has 0 saturated heterocycles. The number of benzene rings is 1. The fourth-order valence-electron chi connectivity index (χ4n) is 4.17. The van der Waals surface area contributed by atoms with Crippen LogP contribution in [0.2, 0.25) is 0 Å². The third-order valence-electron chi connectivity index (χ3n) is 6.50. The molecule has 11 heteroatoms. The molecule has 0 aliphatic heterocycles. The summed E-state index contributed by atoms with van der Waals surface area (Å²) in [7, 11) is -7.80. The molecule has 0 fully saturated rings. The molecule has 0 heterocycles. The van der Waals surface area contributed by atoms with Crippen molar-refractivity contribution in [3.8, 4) is 0 Å². The molecule has 7 nitrogen and oxygen atoms in total. The molecule has 0 aliphatic carbocycles. The molecule has 1 rings (SSSR count).